The number of allylic oxidation sites excluding steroid dienone is 4. The molecule has 6 atom stereocenters. The van der Waals surface area contributed by atoms with Crippen LogP contribution in [0.3, 0.4) is 0 Å². The monoisotopic (exact) mass is 1380 g/mol. The molecular weight excluding hydrogens is 1230 g/mol. The van der Waals surface area contributed by atoms with E-state index in [0.29, 0.717) is 31.6 Å². The van der Waals surface area contributed by atoms with Crippen LogP contribution < -0.4 is 0 Å². The van der Waals surface area contributed by atoms with Gasteiger partial charge in [-0.3, -0.25) is 37.3 Å². The minimum Gasteiger partial charge on any atom is -0.462 e. The van der Waals surface area contributed by atoms with E-state index in [1.165, 1.54) is 141 Å². The summed E-state index contributed by atoms with van der Waals surface area (Å²) in [5.74, 6) is 0.0859. The highest BCUT2D eigenvalue weighted by molar-refractivity contribution is 7.47. The fraction of sp³-hybridized carbons (Fsp3) is 0.893. The van der Waals surface area contributed by atoms with E-state index in [4.69, 9.17) is 37.0 Å². The van der Waals surface area contributed by atoms with E-state index >= 15 is 0 Å². The molecule has 0 aromatic carbocycles. The van der Waals surface area contributed by atoms with Crippen LogP contribution in [-0.2, 0) is 65.4 Å². The maximum atomic E-state index is 13.1. The third kappa shape index (κ3) is 66.8. The molecule has 0 aliphatic rings. The predicted octanol–water partition coefficient (Wildman–Crippen LogP) is 21.3. The molecule has 94 heavy (non-hydrogen) atoms. The van der Waals surface area contributed by atoms with Crippen LogP contribution in [0.1, 0.15) is 357 Å². The van der Waals surface area contributed by atoms with Crippen LogP contribution in [0.2, 0.25) is 0 Å². The van der Waals surface area contributed by atoms with Gasteiger partial charge < -0.3 is 33.8 Å². The van der Waals surface area contributed by atoms with Crippen LogP contribution in [0.25, 0.3) is 0 Å². The molecule has 0 amide bonds. The van der Waals surface area contributed by atoms with Crippen molar-refractivity contribution in [3.8, 4) is 0 Å². The third-order valence-electron chi connectivity index (χ3n) is 17.1. The summed E-state index contributed by atoms with van der Waals surface area (Å²) in [6.45, 7) is 11.7. The lowest BCUT2D eigenvalue weighted by Gasteiger charge is -2.21. The zero-order chi connectivity index (χ0) is 69.4. The van der Waals surface area contributed by atoms with Crippen molar-refractivity contribution < 1.29 is 80.2 Å². The van der Waals surface area contributed by atoms with Crippen LogP contribution in [0.4, 0.5) is 0 Å². The number of ether oxygens (including phenoxy) is 4. The predicted molar refractivity (Wildman–Crippen MR) is 381 cm³/mol. The summed E-state index contributed by atoms with van der Waals surface area (Å²) in [7, 11) is -9.92. The van der Waals surface area contributed by atoms with Crippen LogP contribution in [0, 0.1) is 17.8 Å². The number of aliphatic hydroxyl groups excluding tert-OH is 1. The Hall–Kier alpha value is -2.46. The minimum absolute atomic E-state index is 0.0838. The number of hydrogen-bond acceptors (Lipinski definition) is 15. The Bertz CT molecular complexity index is 1930. The smallest absolute Gasteiger partial charge is 0.462 e. The highest BCUT2D eigenvalue weighted by Gasteiger charge is 2.30. The summed E-state index contributed by atoms with van der Waals surface area (Å²) in [5.41, 5.74) is 0. The number of rotatable bonds is 71. The quantitative estimate of drug-likeness (QED) is 0.0169. The van der Waals surface area contributed by atoms with Crippen molar-refractivity contribution in [1.82, 2.24) is 0 Å². The van der Waals surface area contributed by atoms with Gasteiger partial charge in [0, 0.05) is 25.7 Å². The third-order valence-corrected chi connectivity index (χ3v) is 19.0. The Morgan fingerprint density at radius 2 is 0.628 bits per heavy atom. The second-order valence-electron chi connectivity index (χ2n) is 27.5. The van der Waals surface area contributed by atoms with Crippen LogP contribution in [-0.4, -0.2) is 96.7 Å². The summed E-state index contributed by atoms with van der Waals surface area (Å²) in [6, 6.07) is 0. The van der Waals surface area contributed by atoms with Crippen molar-refractivity contribution in [3.05, 3.63) is 24.3 Å². The van der Waals surface area contributed by atoms with Crippen molar-refractivity contribution in [2.75, 3.05) is 39.6 Å². The van der Waals surface area contributed by atoms with Gasteiger partial charge in [-0.1, -0.05) is 304 Å². The first kappa shape index (κ1) is 91.5. The van der Waals surface area contributed by atoms with Gasteiger partial charge in [-0.15, -0.1) is 0 Å². The SMILES string of the molecule is CCCCCC/C=C\C=C/CCCCCCCC(=O)O[C@H](COC(=O)CCCCCCCCCC(C)C)COP(=O)(O)OC[C@@H](O)COP(=O)(O)OC[C@@H](COC(=O)CCCCCCCCC(C)CC)OC(=O)CCCCCCCCCCCCCCCCCCC(C)C. The highest BCUT2D eigenvalue weighted by Crippen LogP contribution is 2.45. The van der Waals surface area contributed by atoms with Gasteiger partial charge in [0.1, 0.15) is 19.3 Å². The van der Waals surface area contributed by atoms with Gasteiger partial charge in [0.15, 0.2) is 12.2 Å². The van der Waals surface area contributed by atoms with E-state index in [1.807, 2.05) is 0 Å². The summed E-state index contributed by atoms with van der Waals surface area (Å²) in [6.07, 6.45) is 53.7. The van der Waals surface area contributed by atoms with Gasteiger partial charge in [-0.25, -0.2) is 9.13 Å². The lowest BCUT2D eigenvalue weighted by Crippen LogP contribution is -2.30. The zero-order valence-corrected chi connectivity index (χ0v) is 62.7. The summed E-state index contributed by atoms with van der Waals surface area (Å²) in [4.78, 5) is 72.7. The molecule has 0 aliphatic carbocycles. The fourth-order valence-electron chi connectivity index (χ4n) is 10.9. The summed E-state index contributed by atoms with van der Waals surface area (Å²) < 4.78 is 68.4. The normalized spacial score (nSPS) is 14.6. The van der Waals surface area contributed by atoms with E-state index in [0.717, 1.165) is 127 Å². The average Bonchev–Trinajstić information content (AvgIpc) is 1.41. The summed E-state index contributed by atoms with van der Waals surface area (Å²) in [5, 5.41) is 10.6. The molecule has 0 rings (SSSR count). The Kier molecular flexibility index (Phi) is 63.5. The Balaban J connectivity index is 5.24. The fourth-order valence-corrected chi connectivity index (χ4v) is 12.4. The maximum Gasteiger partial charge on any atom is 0.472 e. The number of hydrogen-bond donors (Lipinski definition) is 3. The molecule has 0 saturated heterocycles. The molecule has 0 aromatic heterocycles. The van der Waals surface area contributed by atoms with Gasteiger partial charge in [0.05, 0.1) is 26.4 Å². The molecule has 19 heteroatoms. The molecule has 0 aliphatic heterocycles. The molecule has 0 saturated carbocycles. The van der Waals surface area contributed by atoms with Crippen molar-refractivity contribution >= 4 is 39.5 Å². The molecular formula is C75H142O17P2. The standard InChI is InChI=1S/C75H142O17P2/c1-8-10-11-12-13-14-15-16-19-23-26-29-34-44-51-58-74(79)91-70(62-85-72(77)56-49-42-36-31-33-40-47-54-67(5)6)64-89-93(81,82)87-60-69(76)61-88-94(83,84)90-65-71(63-86-73(78)57-50-43-38-37-41-48-55-68(7)9-2)92-75(80)59-52-45-35-30-27-24-21-18-17-20-22-25-28-32-39-46-53-66(3)4/h14-16,19,66-71,76H,8-13,17-18,20-65H2,1-7H3,(H,81,82)(H,83,84)/b15-14-,19-16-/t68?,69-,70-,71-/m1/s1. The number of phosphoric ester groups is 2. The average molecular weight is 1380 g/mol. The molecule has 17 nitrogen and oxygen atoms in total. The van der Waals surface area contributed by atoms with Crippen LogP contribution >= 0.6 is 15.6 Å². The first-order chi connectivity index (χ1) is 45.3. The number of carbonyl (C=O) groups is 4. The Labute approximate surface area is 573 Å². The number of phosphoric acid groups is 2. The first-order valence-electron chi connectivity index (χ1n) is 38.2. The van der Waals surface area contributed by atoms with Crippen molar-refractivity contribution in [2.24, 2.45) is 17.8 Å². The van der Waals surface area contributed by atoms with Crippen LogP contribution in [0.15, 0.2) is 24.3 Å². The van der Waals surface area contributed by atoms with E-state index < -0.39 is 97.5 Å². The molecule has 0 radical (unpaired) electrons. The van der Waals surface area contributed by atoms with Gasteiger partial charge in [0.2, 0.25) is 0 Å². The first-order valence-corrected chi connectivity index (χ1v) is 41.2. The Morgan fingerprint density at radius 3 is 0.947 bits per heavy atom. The number of unbranched alkanes of at least 4 members (excludes halogenated alkanes) is 35. The molecule has 0 bridgehead atoms. The van der Waals surface area contributed by atoms with Gasteiger partial charge in [-0.2, -0.15) is 0 Å². The topological polar surface area (TPSA) is 237 Å². The molecule has 3 unspecified atom stereocenters. The molecule has 0 aromatic rings. The van der Waals surface area contributed by atoms with Crippen molar-refractivity contribution in [1.29, 1.82) is 0 Å². The molecule has 0 heterocycles. The maximum absolute atomic E-state index is 13.1. The zero-order valence-electron chi connectivity index (χ0n) is 60.9. The van der Waals surface area contributed by atoms with E-state index in [1.54, 1.807) is 0 Å². The van der Waals surface area contributed by atoms with E-state index in [2.05, 4.69) is 72.8 Å². The highest BCUT2D eigenvalue weighted by atomic mass is 31.2. The van der Waals surface area contributed by atoms with Crippen molar-refractivity contribution in [3.63, 3.8) is 0 Å². The largest absolute Gasteiger partial charge is 0.472 e. The van der Waals surface area contributed by atoms with Gasteiger partial charge >= 0.3 is 39.5 Å². The number of carbonyl (C=O) groups excluding carboxylic acids is 4. The van der Waals surface area contributed by atoms with Gasteiger partial charge in [-0.05, 0) is 69.1 Å². The minimum atomic E-state index is -4.96. The van der Waals surface area contributed by atoms with E-state index in [9.17, 15) is 43.2 Å². The van der Waals surface area contributed by atoms with Crippen LogP contribution in [0.5, 0.6) is 0 Å². The lowest BCUT2D eigenvalue weighted by atomic mass is 10.00. The molecule has 0 fully saturated rings. The second kappa shape index (κ2) is 65.2. The Morgan fingerprint density at radius 1 is 0.351 bits per heavy atom. The lowest BCUT2D eigenvalue weighted by molar-refractivity contribution is -0.161. The molecule has 554 valence electrons. The van der Waals surface area contributed by atoms with E-state index in [-0.39, 0.29) is 25.7 Å². The van der Waals surface area contributed by atoms with Crippen molar-refractivity contribution in [2.45, 2.75) is 375 Å². The number of aliphatic hydroxyl groups is 1. The second-order valence-corrected chi connectivity index (χ2v) is 30.5. The van der Waals surface area contributed by atoms with Gasteiger partial charge in [0.25, 0.3) is 0 Å². The number of esters is 4. The molecule has 0 spiro atoms. The summed E-state index contributed by atoms with van der Waals surface area (Å²) >= 11 is 0. The molecule has 3 N–H and O–H groups in total.